The van der Waals surface area contributed by atoms with Crippen molar-refractivity contribution in [3.8, 4) is 0 Å². The number of nitrogens with zero attached hydrogens (tertiary/aromatic N) is 2. The highest BCUT2D eigenvalue weighted by molar-refractivity contribution is 9.10. The lowest BCUT2D eigenvalue weighted by Crippen LogP contribution is -2.35. The molecule has 0 radical (unpaired) electrons. The number of hydrogen-bond acceptors (Lipinski definition) is 3. The summed E-state index contributed by atoms with van der Waals surface area (Å²) in [6.07, 6.45) is 4.06. The molecule has 1 aromatic heterocycles. The Morgan fingerprint density at radius 3 is 2.88 bits per heavy atom. The number of halogens is 1. The number of nitrogens with one attached hydrogen (secondary N) is 1. The van der Waals surface area contributed by atoms with E-state index in [4.69, 9.17) is 0 Å². The van der Waals surface area contributed by atoms with Gasteiger partial charge in [-0.15, -0.1) is 0 Å². The molecule has 0 unspecified atom stereocenters. The van der Waals surface area contributed by atoms with E-state index in [2.05, 4.69) is 33.3 Å². The second-order valence-electron chi connectivity index (χ2n) is 4.41. The highest BCUT2D eigenvalue weighted by atomic mass is 79.9. The maximum Gasteiger partial charge on any atom is 0.283 e. The van der Waals surface area contributed by atoms with Gasteiger partial charge in [0.25, 0.3) is 5.56 Å². The monoisotopic (exact) mass is 285 g/mol. The van der Waals surface area contributed by atoms with E-state index in [1.54, 1.807) is 6.20 Å². The molecule has 1 aromatic rings. The van der Waals surface area contributed by atoms with Crippen molar-refractivity contribution in [3.05, 3.63) is 21.0 Å². The predicted octanol–water partition coefficient (Wildman–Crippen LogP) is 2.24. The summed E-state index contributed by atoms with van der Waals surface area (Å²) in [7, 11) is 0. The first-order valence-corrected chi connectivity index (χ1v) is 6.43. The van der Waals surface area contributed by atoms with Gasteiger partial charge in [-0.2, -0.15) is 5.10 Å². The highest BCUT2D eigenvalue weighted by Crippen LogP contribution is 2.30. The summed E-state index contributed by atoms with van der Waals surface area (Å²) in [6.45, 7) is 4.74. The second kappa shape index (κ2) is 4.57. The molecule has 0 saturated heterocycles. The molecular formula is C11H16BrN3O. The van der Waals surface area contributed by atoms with Gasteiger partial charge in [0.15, 0.2) is 0 Å². The van der Waals surface area contributed by atoms with Gasteiger partial charge in [-0.05, 0) is 41.6 Å². The van der Waals surface area contributed by atoms with Crippen LogP contribution in [0.5, 0.6) is 0 Å². The van der Waals surface area contributed by atoms with Gasteiger partial charge in [0.2, 0.25) is 0 Å². The van der Waals surface area contributed by atoms with E-state index >= 15 is 0 Å². The van der Waals surface area contributed by atoms with Crippen molar-refractivity contribution >= 4 is 21.6 Å². The standard InChI is InChI=1S/C11H16BrN3O/c1-3-15-11(16)10(12)9(6-13-15)14-8-4-7(2)5-8/h6-8,14H,3-5H2,1-2H3. The maximum atomic E-state index is 11.8. The Bertz CT molecular complexity index is 437. The van der Waals surface area contributed by atoms with Gasteiger partial charge in [0, 0.05) is 12.6 Å². The minimum Gasteiger partial charge on any atom is -0.380 e. The van der Waals surface area contributed by atoms with Gasteiger partial charge in [0.1, 0.15) is 4.47 Å². The molecule has 2 rings (SSSR count). The molecule has 0 aliphatic heterocycles. The van der Waals surface area contributed by atoms with E-state index in [1.807, 2.05) is 6.92 Å². The number of aryl methyl sites for hydroxylation is 1. The van der Waals surface area contributed by atoms with Crippen molar-refractivity contribution in [3.63, 3.8) is 0 Å². The van der Waals surface area contributed by atoms with Gasteiger partial charge in [-0.3, -0.25) is 4.79 Å². The average Bonchev–Trinajstić information content (AvgIpc) is 2.23. The Balaban J connectivity index is 2.16. The first-order chi connectivity index (χ1) is 7.61. The molecule has 0 spiro atoms. The third kappa shape index (κ3) is 2.14. The Labute approximate surface area is 103 Å². The minimum absolute atomic E-state index is 0.0696. The van der Waals surface area contributed by atoms with Crippen LogP contribution in [0.15, 0.2) is 15.5 Å². The smallest absolute Gasteiger partial charge is 0.283 e. The summed E-state index contributed by atoms with van der Waals surface area (Å²) in [5.41, 5.74) is 0.742. The Morgan fingerprint density at radius 1 is 1.62 bits per heavy atom. The fraction of sp³-hybridized carbons (Fsp3) is 0.636. The molecule has 4 nitrogen and oxygen atoms in total. The summed E-state index contributed by atoms with van der Waals surface area (Å²) in [4.78, 5) is 11.8. The zero-order chi connectivity index (χ0) is 11.7. The largest absolute Gasteiger partial charge is 0.380 e. The molecule has 88 valence electrons. The van der Waals surface area contributed by atoms with Crippen LogP contribution < -0.4 is 10.9 Å². The quantitative estimate of drug-likeness (QED) is 0.927. The predicted molar refractivity (Wildman–Crippen MR) is 67.7 cm³/mol. The Kier molecular flexibility index (Phi) is 3.33. The summed E-state index contributed by atoms with van der Waals surface area (Å²) in [5.74, 6) is 0.792. The molecule has 1 fully saturated rings. The number of rotatable bonds is 3. The van der Waals surface area contributed by atoms with Crippen LogP contribution in [-0.4, -0.2) is 15.8 Å². The van der Waals surface area contributed by atoms with E-state index in [0.29, 0.717) is 17.1 Å². The van der Waals surface area contributed by atoms with Gasteiger partial charge in [-0.25, -0.2) is 4.68 Å². The first kappa shape index (κ1) is 11.6. The Morgan fingerprint density at radius 2 is 2.31 bits per heavy atom. The van der Waals surface area contributed by atoms with E-state index in [9.17, 15) is 4.79 Å². The third-order valence-corrected chi connectivity index (χ3v) is 3.78. The van der Waals surface area contributed by atoms with Crippen LogP contribution in [-0.2, 0) is 6.54 Å². The normalized spacial score (nSPS) is 23.9. The van der Waals surface area contributed by atoms with Crippen LogP contribution in [0.3, 0.4) is 0 Å². The molecular weight excluding hydrogens is 270 g/mol. The Hall–Kier alpha value is -0.840. The molecule has 1 aliphatic carbocycles. The number of hydrogen-bond donors (Lipinski definition) is 1. The van der Waals surface area contributed by atoms with Crippen molar-refractivity contribution in [1.82, 2.24) is 9.78 Å². The lowest BCUT2D eigenvalue weighted by molar-refractivity contribution is 0.309. The molecule has 0 atom stereocenters. The van der Waals surface area contributed by atoms with E-state index in [-0.39, 0.29) is 5.56 Å². The highest BCUT2D eigenvalue weighted by Gasteiger charge is 2.25. The van der Waals surface area contributed by atoms with Crippen molar-refractivity contribution in [2.45, 2.75) is 39.3 Å². The third-order valence-electron chi connectivity index (χ3n) is 3.02. The fourth-order valence-electron chi connectivity index (χ4n) is 2.03. The van der Waals surface area contributed by atoms with Crippen LogP contribution in [0, 0.1) is 5.92 Å². The van der Waals surface area contributed by atoms with Crippen molar-refractivity contribution < 1.29 is 0 Å². The van der Waals surface area contributed by atoms with E-state index < -0.39 is 0 Å². The van der Waals surface area contributed by atoms with E-state index in [0.717, 1.165) is 11.6 Å². The molecule has 1 N–H and O–H groups in total. The van der Waals surface area contributed by atoms with Gasteiger partial charge in [0.05, 0.1) is 11.9 Å². The van der Waals surface area contributed by atoms with E-state index in [1.165, 1.54) is 17.5 Å². The van der Waals surface area contributed by atoms with Crippen LogP contribution in [0.1, 0.15) is 26.7 Å². The topological polar surface area (TPSA) is 46.9 Å². The molecule has 0 amide bonds. The van der Waals surface area contributed by atoms with Crippen LogP contribution in [0.2, 0.25) is 0 Å². The van der Waals surface area contributed by atoms with Gasteiger partial charge < -0.3 is 5.32 Å². The zero-order valence-electron chi connectivity index (χ0n) is 9.53. The SMILES string of the molecule is CCn1ncc(NC2CC(C)C2)c(Br)c1=O. The lowest BCUT2D eigenvalue weighted by Gasteiger charge is -2.34. The van der Waals surface area contributed by atoms with Gasteiger partial charge >= 0.3 is 0 Å². The molecule has 16 heavy (non-hydrogen) atoms. The summed E-state index contributed by atoms with van der Waals surface area (Å²) in [5, 5.41) is 7.45. The lowest BCUT2D eigenvalue weighted by atomic mass is 9.82. The summed E-state index contributed by atoms with van der Waals surface area (Å²) >= 11 is 3.33. The number of aromatic nitrogens is 2. The molecule has 0 aromatic carbocycles. The van der Waals surface area contributed by atoms with Crippen molar-refractivity contribution in [1.29, 1.82) is 0 Å². The van der Waals surface area contributed by atoms with Crippen molar-refractivity contribution in [2.75, 3.05) is 5.32 Å². The van der Waals surface area contributed by atoms with Crippen LogP contribution in [0.4, 0.5) is 5.69 Å². The molecule has 1 saturated carbocycles. The maximum absolute atomic E-state index is 11.8. The molecule has 1 heterocycles. The van der Waals surface area contributed by atoms with Gasteiger partial charge in [-0.1, -0.05) is 6.92 Å². The molecule has 0 bridgehead atoms. The summed E-state index contributed by atoms with van der Waals surface area (Å²) in [6, 6.07) is 0.491. The average molecular weight is 286 g/mol. The van der Waals surface area contributed by atoms with Crippen LogP contribution in [0.25, 0.3) is 0 Å². The summed E-state index contributed by atoms with van der Waals surface area (Å²) < 4.78 is 2.03. The van der Waals surface area contributed by atoms with Crippen LogP contribution >= 0.6 is 15.9 Å². The fourth-order valence-corrected chi connectivity index (χ4v) is 2.45. The molecule has 1 aliphatic rings. The number of anilines is 1. The molecule has 5 heteroatoms. The second-order valence-corrected chi connectivity index (χ2v) is 5.20. The van der Waals surface area contributed by atoms with Crippen molar-refractivity contribution in [2.24, 2.45) is 5.92 Å². The first-order valence-electron chi connectivity index (χ1n) is 5.64. The minimum atomic E-state index is -0.0696. The zero-order valence-corrected chi connectivity index (χ0v) is 11.1.